The maximum atomic E-state index is 5.41. The molecule has 1 unspecified atom stereocenters. The van der Waals surface area contributed by atoms with E-state index in [9.17, 15) is 0 Å². The summed E-state index contributed by atoms with van der Waals surface area (Å²) in [5.74, 6) is 2.14. The van der Waals surface area contributed by atoms with Gasteiger partial charge in [-0.2, -0.15) is 0 Å². The Bertz CT molecular complexity index is 3170. The minimum atomic E-state index is 0.326. The summed E-state index contributed by atoms with van der Waals surface area (Å²) in [4.78, 5) is 10.8. The first kappa shape index (κ1) is 33.1. The van der Waals surface area contributed by atoms with Gasteiger partial charge in [0.2, 0.25) is 0 Å². The molecule has 1 aliphatic rings. The fraction of sp³-hybridized carbons (Fsp3) is 0.0566. The standard InChI is InChI=1S/C53H38N4/c1-35-15-10-25-43-45-33-44-42-24-8-9-28-48(42)56(51-29-13-26-46(54-51)40-22-11-20-38(31-40)36-16-4-2-5-17-36)49(44)34-50(45)57(53(35)43)52-30-14-27-47(55-52)41-23-12-21-39(32-41)37-18-6-3-7-19-37/h2-14,16-35H,15H2,1H3. The van der Waals surface area contributed by atoms with E-state index in [0.29, 0.717) is 5.92 Å². The number of rotatable bonds is 6. The van der Waals surface area contributed by atoms with Gasteiger partial charge in [0.05, 0.1) is 27.9 Å². The molecule has 0 spiro atoms. The van der Waals surface area contributed by atoms with Crippen LogP contribution in [0.3, 0.4) is 0 Å². The highest BCUT2D eigenvalue weighted by Gasteiger charge is 2.26. The van der Waals surface area contributed by atoms with Crippen LogP contribution in [0.5, 0.6) is 0 Å². The van der Waals surface area contributed by atoms with Crippen LogP contribution in [0.4, 0.5) is 0 Å². The minimum absolute atomic E-state index is 0.326. The van der Waals surface area contributed by atoms with Gasteiger partial charge in [0.1, 0.15) is 11.6 Å². The monoisotopic (exact) mass is 730 g/mol. The third-order valence-electron chi connectivity index (χ3n) is 11.5. The van der Waals surface area contributed by atoms with Gasteiger partial charge < -0.3 is 0 Å². The maximum absolute atomic E-state index is 5.41. The highest BCUT2D eigenvalue weighted by atomic mass is 15.1. The molecule has 0 aliphatic heterocycles. The van der Waals surface area contributed by atoms with E-state index in [-0.39, 0.29) is 0 Å². The lowest BCUT2D eigenvalue weighted by molar-refractivity contribution is 0.719. The van der Waals surface area contributed by atoms with Crippen LogP contribution < -0.4 is 0 Å². The van der Waals surface area contributed by atoms with Crippen molar-refractivity contribution >= 4 is 38.8 Å². The van der Waals surface area contributed by atoms with Gasteiger partial charge in [0, 0.05) is 44.5 Å². The van der Waals surface area contributed by atoms with E-state index in [1.807, 2.05) is 0 Å². The van der Waals surface area contributed by atoms with Gasteiger partial charge >= 0.3 is 0 Å². The van der Waals surface area contributed by atoms with Crippen molar-refractivity contribution in [3.05, 3.63) is 199 Å². The molecule has 0 radical (unpaired) electrons. The van der Waals surface area contributed by atoms with Crippen LogP contribution in [-0.4, -0.2) is 19.1 Å². The molecule has 0 saturated heterocycles. The molecule has 4 heteroatoms. The summed E-state index contributed by atoms with van der Waals surface area (Å²) in [5, 5.41) is 3.66. The van der Waals surface area contributed by atoms with Crippen molar-refractivity contribution in [1.82, 2.24) is 19.1 Å². The van der Waals surface area contributed by atoms with Crippen molar-refractivity contribution in [2.24, 2.45) is 0 Å². The van der Waals surface area contributed by atoms with E-state index < -0.39 is 0 Å². The number of allylic oxidation sites excluding steroid dienone is 1. The third kappa shape index (κ3) is 5.60. The normalized spacial score (nSPS) is 13.7. The van der Waals surface area contributed by atoms with Crippen molar-refractivity contribution in [3.63, 3.8) is 0 Å². The number of hydrogen-bond acceptors (Lipinski definition) is 2. The SMILES string of the molecule is CC1CC=Cc2c1n(-c1cccc(-c3cccc(-c4ccccc4)c3)n1)c1cc3c(cc21)c1ccccc1n3-c1cccc(-c2cccc(-c3ccccc3)c2)n1. The molecule has 1 atom stereocenters. The lowest BCUT2D eigenvalue weighted by atomic mass is 9.93. The summed E-state index contributed by atoms with van der Waals surface area (Å²) in [5.41, 5.74) is 14.8. The Morgan fingerprint density at radius 3 is 1.60 bits per heavy atom. The molecular formula is C53H38N4. The first-order chi connectivity index (χ1) is 28.2. The number of fused-ring (bicyclic) bond motifs is 6. The zero-order chi connectivity index (χ0) is 37.9. The van der Waals surface area contributed by atoms with Crippen LogP contribution in [0.25, 0.3) is 95.2 Å². The highest BCUT2D eigenvalue weighted by Crippen LogP contribution is 2.43. The van der Waals surface area contributed by atoms with E-state index >= 15 is 0 Å². The largest absolute Gasteiger partial charge is 0.297 e. The van der Waals surface area contributed by atoms with Crippen LogP contribution in [0, 0.1) is 0 Å². The number of aromatic nitrogens is 4. The molecule has 1 aliphatic carbocycles. The van der Waals surface area contributed by atoms with Crippen molar-refractivity contribution in [2.75, 3.05) is 0 Å². The molecule has 4 heterocycles. The Morgan fingerprint density at radius 2 is 0.947 bits per heavy atom. The summed E-state index contributed by atoms with van der Waals surface area (Å²) >= 11 is 0. The topological polar surface area (TPSA) is 35.6 Å². The van der Waals surface area contributed by atoms with Gasteiger partial charge in [-0.25, -0.2) is 9.97 Å². The van der Waals surface area contributed by atoms with Gasteiger partial charge in [-0.3, -0.25) is 9.13 Å². The molecule has 0 bridgehead atoms. The lowest BCUT2D eigenvalue weighted by Crippen LogP contribution is -2.08. The molecule has 4 aromatic heterocycles. The minimum Gasteiger partial charge on any atom is -0.297 e. The third-order valence-corrected chi connectivity index (χ3v) is 11.5. The Morgan fingerprint density at radius 1 is 0.421 bits per heavy atom. The molecule has 0 saturated carbocycles. The average molecular weight is 731 g/mol. The average Bonchev–Trinajstić information content (AvgIpc) is 3.79. The first-order valence-corrected chi connectivity index (χ1v) is 19.7. The van der Waals surface area contributed by atoms with Crippen molar-refractivity contribution in [1.29, 1.82) is 0 Å². The highest BCUT2D eigenvalue weighted by molar-refractivity contribution is 6.14. The quantitative estimate of drug-likeness (QED) is 0.171. The van der Waals surface area contributed by atoms with Crippen molar-refractivity contribution in [3.8, 4) is 56.4 Å². The molecule has 270 valence electrons. The zero-order valence-electron chi connectivity index (χ0n) is 31.5. The Hall–Kier alpha value is -7.30. The van der Waals surface area contributed by atoms with Gasteiger partial charge in [-0.15, -0.1) is 0 Å². The molecule has 10 aromatic rings. The predicted molar refractivity (Wildman–Crippen MR) is 237 cm³/mol. The fourth-order valence-electron chi connectivity index (χ4n) is 8.84. The molecule has 6 aromatic carbocycles. The Labute approximate surface area is 331 Å². The van der Waals surface area contributed by atoms with Gasteiger partial charge in [0.25, 0.3) is 0 Å². The van der Waals surface area contributed by atoms with E-state index in [1.165, 1.54) is 49.7 Å². The summed E-state index contributed by atoms with van der Waals surface area (Å²) < 4.78 is 4.76. The van der Waals surface area contributed by atoms with E-state index in [4.69, 9.17) is 9.97 Å². The number of benzene rings is 6. The molecule has 11 rings (SSSR count). The molecule has 0 N–H and O–H groups in total. The Kier molecular flexibility index (Phi) is 7.82. The molecule has 0 fully saturated rings. The van der Waals surface area contributed by atoms with Gasteiger partial charge in [-0.05, 0) is 83.3 Å². The van der Waals surface area contributed by atoms with Crippen molar-refractivity contribution < 1.29 is 0 Å². The summed E-state index contributed by atoms with van der Waals surface area (Å²) in [7, 11) is 0. The zero-order valence-corrected chi connectivity index (χ0v) is 31.5. The maximum Gasteiger partial charge on any atom is 0.138 e. The van der Waals surface area contributed by atoms with Crippen LogP contribution in [0.2, 0.25) is 0 Å². The number of para-hydroxylation sites is 1. The summed E-state index contributed by atoms with van der Waals surface area (Å²) in [6.07, 6.45) is 5.63. The fourth-order valence-corrected chi connectivity index (χ4v) is 8.84. The number of pyridine rings is 2. The second-order valence-corrected chi connectivity index (χ2v) is 15.1. The van der Waals surface area contributed by atoms with E-state index in [1.54, 1.807) is 0 Å². The van der Waals surface area contributed by atoms with E-state index in [2.05, 4.69) is 210 Å². The van der Waals surface area contributed by atoms with Crippen LogP contribution >= 0.6 is 0 Å². The van der Waals surface area contributed by atoms with Crippen molar-refractivity contribution in [2.45, 2.75) is 19.3 Å². The van der Waals surface area contributed by atoms with Crippen LogP contribution in [0.1, 0.15) is 30.5 Å². The second-order valence-electron chi connectivity index (χ2n) is 15.1. The Balaban J connectivity index is 1.11. The number of nitrogens with zero attached hydrogens (tertiary/aromatic N) is 4. The predicted octanol–water partition coefficient (Wildman–Crippen LogP) is 13.7. The lowest BCUT2D eigenvalue weighted by Gasteiger charge is -2.19. The molecule has 57 heavy (non-hydrogen) atoms. The molecule has 0 amide bonds. The van der Waals surface area contributed by atoms with Gasteiger partial charge in [-0.1, -0.05) is 146 Å². The van der Waals surface area contributed by atoms with Gasteiger partial charge in [0.15, 0.2) is 0 Å². The van der Waals surface area contributed by atoms with Crippen LogP contribution in [0.15, 0.2) is 188 Å². The second kappa shape index (κ2) is 13.5. The van der Waals surface area contributed by atoms with E-state index in [0.717, 1.165) is 57.1 Å². The van der Waals surface area contributed by atoms with Crippen LogP contribution in [-0.2, 0) is 0 Å². The summed E-state index contributed by atoms with van der Waals surface area (Å²) in [6, 6.07) is 64.8. The number of hydrogen-bond donors (Lipinski definition) is 0. The smallest absolute Gasteiger partial charge is 0.138 e. The summed E-state index contributed by atoms with van der Waals surface area (Å²) in [6.45, 7) is 2.34. The first-order valence-electron chi connectivity index (χ1n) is 19.7. The molecule has 4 nitrogen and oxygen atoms in total. The molecular weight excluding hydrogens is 693 g/mol.